The summed E-state index contributed by atoms with van der Waals surface area (Å²) in [6.45, 7) is 8.07. The van der Waals surface area contributed by atoms with Crippen molar-refractivity contribution in [3.05, 3.63) is 35.9 Å². The van der Waals surface area contributed by atoms with Crippen LogP contribution in [0.2, 0.25) is 0 Å². The lowest BCUT2D eigenvalue weighted by Gasteiger charge is -2.43. The minimum Gasteiger partial charge on any atom is -0.371 e. The lowest BCUT2D eigenvalue weighted by atomic mass is 9.94. The van der Waals surface area contributed by atoms with Gasteiger partial charge in [-0.1, -0.05) is 44.2 Å². The second kappa shape index (κ2) is 8.85. The molecule has 3 rings (SSSR count). The quantitative estimate of drug-likeness (QED) is 0.826. The van der Waals surface area contributed by atoms with Crippen LogP contribution in [0.25, 0.3) is 0 Å². The van der Waals surface area contributed by atoms with Gasteiger partial charge in [-0.25, -0.2) is 0 Å². The van der Waals surface area contributed by atoms with Crippen LogP contribution in [0.1, 0.15) is 38.7 Å². The Morgan fingerprint density at radius 2 is 1.96 bits per heavy atom. The standard InChI is InChI=1S/C21H31N3O3/c1-3-21(4-2)16-24(12-13-27-21)19(25)14-18-20(26)22-10-11-23(18)15-17-8-6-5-7-9-17/h5-9,18H,3-4,10-16H2,1-2H3,(H,22,26)/t18-/m1/s1. The van der Waals surface area contributed by atoms with Gasteiger partial charge in [-0.3, -0.25) is 14.5 Å². The molecule has 0 bridgehead atoms. The molecule has 2 heterocycles. The molecule has 1 aromatic carbocycles. The molecule has 2 amide bonds. The lowest BCUT2D eigenvalue weighted by Crippen LogP contribution is -2.58. The van der Waals surface area contributed by atoms with Crippen molar-refractivity contribution in [2.24, 2.45) is 0 Å². The molecule has 0 saturated carbocycles. The summed E-state index contributed by atoms with van der Waals surface area (Å²) in [6.07, 6.45) is 2.00. The van der Waals surface area contributed by atoms with E-state index in [-0.39, 0.29) is 23.8 Å². The molecular formula is C21H31N3O3. The normalized spacial score (nSPS) is 23.1. The van der Waals surface area contributed by atoms with E-state index >= 15 is 0 Å². The van der Waals surface area contributed by atoms with E-state index in [0.29, 0.717) is 32.8 Å². The van der Waals surface area contributed by atoms with Gasteiger partial charge >= 0.3 is 0 Å². The molecule has 0 aromatic heterocycles. The topological polar surface area (TPSA) is 61.9 Å². The van der Waals surface area contributed by atoms with Gasteiger partial charge in [-0.2, -0.15) is 0 Å². The molecule has 2 aliphatic rings. The van der Waals surface area contributed by atoms with Gasteiger partial charge in [0.2, 0.25) is 11.8 Å². The second-order valence-corrected chi connectivity index (χ2v) is 7.52. The lowest BCUT2D eigenvalue weighted by molar-refractivity contribution is -0.154. The molecule has 6 heteroatoms. The van der Waals surface area contributed by atoms with Crippen molar-refractivity contribution in [1.29, 1.82) is 0 Å². The van der Waals surface area contributed by atoms with Crippen LogP contribution in [0.5, 0.6) is 0 Å². The molecule has 0 unspecified atom stereocenters. The molecule has 27 heavy (non-hydrogen) atoms. The zero-order chi connectivity index (χ0) is 19.3. The van der Waals surface area contributed by atoms with Crippen LogP contribution in [-0.2, 0) is 20.9 Å². The summed E-state index contributed by atoms with van der Waals surface area (Å²) in [5.74, 6) is 0.000670. The fourth-order valence-electron chi connectivity index (χ4n) is 4.02. The Kier molecular flexibility index (Phi) is 6.50. The third kappa shape index (κ3) is 4.68. The second-order valence-electron chi connectivity index (χ2n) is 7.52. The number of hydrogen-bond donors (Lipinski definition) is 1. The monoisotopic (exact) mass is 373 g/mol. The number of piperazine rings is 1. The molecule has 2 saturated heterocycles. The van der Waals surface area contributed by atoms with Gasteiger partial charge in [0.15, 0.2) is 0 Å². The largest absolute Gasteiger partial charge is 0.371 e. The molecule has 1 aromatic rings. The van der Waals surface area contributed by atoms with Gasteiger partial charge in [0.1, 0.15) is 0 Å². The van der Waals surface area contributed by atoms with Crippen LogP contribution in [0, 0.1) is 0 Å². The number of ether oxygens (including phenoxy) is 1. The molecule has 0 spiro atoms. The SMILES string of the molecule is CCC1(CC)CN(C(=O)C[C@@H]2C(=O)NCCN2Cc2ccccc2)CCO1. The van der Waals surface area contributed by atoms with Crippen molar-refractivity contribution in [2.45, 2.75) is 51.3 Å². The smallest absolute Gasteiger partial charge is 0.237 e. The van der Waals surface area contributed by atoms with Crippen molar-refractivity contribution in [1.82, 2.24) is 15.1 Å². The summed E-state index contributed by atoms with van der Waals surface area (Å²) in [5.41, 5.74) is 0.916. The number of nitrogens with zero attached hydrogens (tertiary/aromatic N) is 2. The number of hydrogen-bond acceptors (Lipinski definition) is 4. The van der Waals surface area contributed by atoms with E-state index in [4.69, 9.17) is 4.74 Å². The minimum absolute atomic E-state index is 0.0453. The fraction of sp³-hybridized carbons (Fsp3) is 0.619. The molecule has 2 fully saturated rings. The van der Waals surface area contributed by atoms with E-state index in [1.165, 1.54) is 0 Å². The number of benzene rings is 1. The highest BCUT2D eigenvalue weighted by atomic mass is 16.5. The summed E-state index contributed by atoms with van der Waals surface area (Å²) in [5, 5.41) is 2.92. The third-order valence-corrected chi connectivity index (χ3v) is 5.93. The predicted molar refractivity (Wildman–Crippen MR) is 104 cm³/mol. The number of rotatable bonds is 6. The maximum absolute atomic E-state index is 13.0. The molecule has 2 aliphatic heterocycles. The minimum atomic E-state index is -0.410. The number of carbonyl (C=O) groups excluding carboxylic acids is 2. The predicted octanol–water partition coefficient (Wildman–Crippen LogP) is 1.79. The Labute approximate surface area is 161 Å². The van der Waals surface area contributed by atoms with E-state index in [1.807, 2.05) is 23.1 Å². The van der Waals surface area contributed by atoms with Crippen molar-refractivity contribution in [3.63, 3.8) is 0 Å². The Bertz CT molecular complexity index is 645. The first-order valence-electron chi connectivity index (χ1n) is 10.0. The molecule has 148 valence electrons. The van der Waals surface area contributed by atoms with Crippen LogP contribution < -0.4 is 5.32 Å². The number of carbonyl (C=O) groups is 2. The van der Waals surface area contributed by atoms with E-state index in [1.54, 1.807) is 0 Å². The Morgan fingerprint density at radius 1 is 1.22 bits per heavy atom. The maximum atomic E-state index is 13.0. The third-order valence-electron chi connectivity index (χ3n) is 5.93. The fourth-order valence-corrected chi connectivity index (χ4v) is 4.02. The molecule has 0 radical (unpaired) electrons. The first kappa shape index (κ1) is 19.8. The molecule has 0 aliphatic carbocycles. The van der Waals surface area contributed by atoms with E-state index in [2.05, 4.69) is 36.2 Å². The van der Waals surface area contributed by atoms with Gasteiger partial charge in [0.05, 0.1) is 24.7 Å². The van der Waals surface area contributed by atoms with E-state index in [0.717, 1.165) is 24.9 Å². The van der Waals surface area contributed by atoms with Crippen LogP contribution in [-0.4, -0.2) is 66.0 Å². The van der Waals surface area contributed by atoms with Crippen LogP contribution >= 0.6 is 0 Å². The van der Waals surface area contributed by atoms with Crippen LogP contribution in [0.4, 0.5) is 0 Å². The van der Waals surface area contributed by atoms with Gasteiger partial charge in [0.25, 0.3) is 0 Å². The van der Waals surface area contributed by atoms with Crippen LogP contribution in [0.15, 0.2) is 30.3 Å². The van der Waals surface area contributed by atoms with Crippen molar-refractivity contribution < 1.29 is 14.3 Å². The van der Waals surface area contributed by atoms with Crippen molar-refractivity contribution in [2.75, 3.05) is 32.8 Å². The Morgan fingerprint density at radius 3 is 2.67 bits per heavy atom. The van der Waals surface area contributed by atoms with Crippen LogP contribution in [0.3, 0.4) is 0 Å². The van der Waals surface area contributed by atoms with Crippen molar-refractivity contribution >= 4 is 11.8 Å². The summed E-state index contributed by atoms with van der Waals surface area (Å²) in [6, 6.07) is 9.70. The Balaban J connectivity index is 1.67. The average molecular weight is 373 g/mol. The first-order valence-corrected chi connectivity index (χ1v) is 10.0. The van der Waals surface area contributed by atoms with Gasteiger partial charge in [0, 0.05) is 32.7 Å². The van der Waals surface area contributed by atoms with Gasteiger partial charge in [-0.15, -0.1) is 0 Å². The zero-order valence-electron chi connectivity index (χ0n) is 16.4. The number of amides is 2. The average Bonchev–Trinajstić information content (AvgIpc) is 2.71. The molecule has 1 atom stereocenters. The summed E-state index contributed by atoms with van der Waals surface area (Å²) < 4.78 is 5.97. The first-order chi connectivity index (χ1) is 13.1. The number of nitrogens with one attached hydrogen (secondary N) is 1. The molecular weight excluding hydrogens is 342 g/mol. The summed E-state index contributed by atoms with van der Waals surface area (Å²) >= 11 is 0. The number of morpholine rings is 1. The highest BCUT2D eigenvalue weighted by Crippen LogP contribution is 2.26. The summed E-state index contributed by atoms with van der Waals surface area (Å²) in [4.78, 5) is 29.5. The van der Waals surface area contributed by atoms with E-state index in [9.17, 15) is 9.59 Å². The van der Waals surface area contributed by atoms with Gasteiger partial charge < -0.3 is 15.0 Å². The van der Waals surface area contributed by atoms with E-state index < -0.39 is 6.04 Å². The van der Waals surface area contributed by atoms with Crippen molar-refractivity contribution in [3.8, 4) is 0 Å². The highest BCUT2D eigenvalue weighted by Gasteiger charge is 2.38. The maximum Gasteiger partial charge on any atom is 0.237 e. The highest BCUT2D eigenvalue weighted by molar-refractivity contribution is 5.89. The Hall–Kier alpha value is -1.92. The summed E-state index contributed by atoms with van der Waals surface area (Å²) in [7, 11) is 0. The van der Waals surface area contributed by atoms with Gasteiger partial charge in [-0.05, 0) is 18.4 Å². The molecule has 1 N–H and O–H groups in total. The zero-order valence-corrected chi connectivity index (χ0v) is 16.4. The molecule has 6 nitrogen and oxygen atoms in total.